The van der Waals surface area contributed by atoms with Crippen molar-refractivity contribution in [2.24, 2.45) is 29.4 Å². The van der Waals surface area contributed by atoms with Crippen LogP contribution in [0.5, 0.6) is 11.5 Å². The third-order valence-corrected chi connectivity index (χ3v) is 10.1. The van der Waals surface area contributed by atoms with Gasteiger partial charge in [0.2, 0.25) is 5.91 Å². The number of hydrogen-bond donors (Lipinski definition) is 4. The number of carbonyl (C=O) groups is 5. The molecule has 2 fully saturated rings. The molecule has 0 heterocycles. The number of nitrogens with two attached hydrogens (primary N) is 1. The number of amides is 1. The zero-order valence-electron chi connectivity index (χ0n) is 26.7. The van der Waals surface area contributed by atoms with Gasteiger partial charge in [0.05, 0.1) is 24.6 Å². The average molecular weight is 658 g/mol. The smallest absolute Gasteiger partial charge is 0.235 e. The minimum Gasteiger partial charge on any atom is -0.507 e. The molecule has 6 rings (SSSR count). The first-order chi connectivity index (χ1) is 22.8. The van der Waals surface area contributed by atoms with Crippen molar-refractivity contribution in [3.8, 4) is 22.6 Å². The van der Waals surface area contributed by atoms with Crippen molar-refractivity contribution in [2.45, 2.75) is 30.9 Å². The molecule has 5 N–H and O–H groups in total. The van der Waals surface area contributed by atoms with Gasteiger partial charge >= 0.3 is 0 Å². The number of nitrogens with one attached hydrogen (secondary N) is 1. The minimum absolute atomic E-state index is 0.0577. The number of aromatic hydroxyl groups is 1. The second kappa shape index (κ2) is 12.3. The van der Waals surface area contributed by atoms with E-state index in [9.17, 15) is 38.6 Å². The monoisotopic (exact) mass is 657 g/mol. The van der Waals surface area contributed by atoms with Crippen molar-refractivity contribution in [1.82, 2.24) is 4.90 Å². The molecule has 12 heteroatoms. The summed E-state index contributed by atoms with van der Waals surface area (Å²) in [7, 11) is 4.58. The number of ketones is 4. The zero-order chi connectivity index (χ0) is 34.7. The van der Waals surface area contributed by atoms with Crippen LogP contribution in [0.25, 0.3) is 11.1 Å². The number of benzene rings is 3. The standard InChI is InChI=1S/C36H36FN3O8/c1-40(2)30-24-15-18-14-23-21(22-16-20(7-10-26(22)48-3)39-12-11-17-5-4-6-19(37)13-17)8-9-25(41)28(23)31(42)27(18)33(44)36(24,47)34(45)29(32(30)43)35(38)46/h4-10,13,16,18,24,27,29-30,39,41,47H,11-12,14-15H2,1-3H3,(H2,38,46)/t18-,24-,27?,29?,30-,36-/m0/s1. The molecule has 48 heavy (non-hydrogen) atoms. The largest absolute Gasteiger partial charge is 0.507 e. The molecule has 3 aromatic rings. The van der Waals surface area contributed by atoms with Gasteiger partial charge in [0, 0.05) is 23.7 Å². The van der Waals surface area contributed by atoms with Crippen LogP contribution in [-0.4, -0.2) is 83.5 Å². The summed E-state index contributed by atoms with van der Waals surface area (Å²) in [5.41, 5.74) is 5.68. The first-order valence-electron chi connectivity index (χ1n) is 15.7. The SMILES string of the molecule is COc1ccc(NCCc2cccc(F)c2)cc1-c1ccc(O)c2c1C[C@H]1C[C@H]3[C@H](N(C)C)C(=O)C(C(N)=O)C(=O)[C@@]3(O)C(=O)C1C2=O. The van der Waals surface area contributed by atoms with Gasteiger partial charge in [-0.2, -0.15) is 0 Å². The number of likely N-dealkylation sites (N-methyl/N-ethyl adjacent to an activating group) is 1. The average Bonchev–Trinajstić information content (AvgIpc) is 3.02. The Hall–Kier alpha value is -4.94. The van der Waals surface area contributed by atoms with Gasteiger partial charge in [-0.1, -0.05) is 18.2 Å². The molecule has 0 radical (unpaired) electrons. The van der Waals surface area contributed by atoms with Gasteiger partial charge in [-0.25, -0.2) is 4.39 Å². The van der Waals surface area contributed by atoms with E-state index in [1.165, 1.54) is 44.3 Å². The molecule has 250 valence electrons. The Morgan fingerprint density at radius 3 is 2.48 bits per heavy atom. The molecular weight excluding hydrogens is 621 g/mol. The van der Waals surface area contributed by atoms with Gasteiger partial charge in [0.1, 0.15) is 17.3 Å². The van der Waals surface area contributed by atoms with E-state index in [4.69, 9.17) is 10.5 Å². The van der Waals surface area contributed by atoms with E-state index in [2.05, 4.69) is 5.32 Å². The van der Waals surface area contributed by atoms with Crippen LogP contribution in [0.2, 0.25) is 0 Å². The van der Waals surface area contributed by atoms with E-state index in [-0.39, 0.29) is 30.0 Å². The van der Waals surface area contributed by atoms with Crippen LogP contribution >= 0.6 is 0 Å². The Morgan fingerprint density at radius 2 is 1.81 bits per heavy atom. The van der Waals surface area contributed by atoms with E-state index >= 15 is 0 Å². The summed E-state index contributed by atoms with van der Waals surface area (Å²) in [6, 6.07) is 13.6. The number of carbonyl (C=O) groups excluding carboxylic acids is 5. The molecule has 0 saturated heterocycles. The van der Waals surface area contributed by atoms with Crippen LogP contribution in [0.15, 0.2) is 54.6 Å². The second-order valence-electron chi connectivity index (χ2n) is 13.0. The molecule has 0 aliphatic heterocycles. The molecule has 3 aliphatic carbocycles. The fourth-order valence-corrected chi connectivity index (χ4v) is 7.93. The van der Waals surface area contributed by atoms with Gasteiger partial charge < -0.3 is 26.0 Å². The zero-order valence-corrected chi connectivity index (χ0v) is 26.7. The van der Waals surface area contributed by atoms with Crippen molar-refractivity contribution >= 4 is 34.7 Å². The molecule has 3 aliphatic rings. The third-order valence-electron chi connectivity index (χ3n) is 10.1. The highest BCUT2D eigenvalue weighted by molar-refractivity contribution is 6.32. The number of aliphatic hydroxyl groups is 1. The predicted octanol–water partition coefficient (Wildman–Crippen LogP) is 2.34. The number of fused-ring (bicyclic) bond motifs is 3. The number of halogens is 1. The highest BCUT2D eigenvalue weighted by atomic mass is 19.1. The van der Waals surface area contributed by atoms with Crippen molar-refractivity contribution in [3.63, 3.8) is 0 Å². The van der Waals surface area contributed by atoms with Crippen molar-refractivity contribution in [3.05, 3.63) is 77.1 Å². The summed E-state index contributed by atoms with van der Waals surface area (Å²) in [6.07, 6.45) is 0.611. The summed E-state index contributed by atoms with van der Waals surface area (Å²) in [6.45, 7) is 0.499. The van der Waals surface area contributed by atoms with Crippen LogP contribution < -0.4 is 15.8 Å². The Morgan fingerprint density at radius 1 is 1.06 bits per heavy atom. The summed E-state index contributed by atoms with van der Waals surface area (Å²) < 4.78 is 19.3. The number of anilines is 1. The normalized spacial score (nSPS) is 26.5. The number of phenols is 1. The first kappa shape index (κ1) is 33.0. The predicted molar refractivity (Wildman–Crippen MR) is 172 cm³/mol. The number of ether oxygens (including phenoxy) is 1. The molecule has 2 unspecified atom stereocenters. The number of phenolic OH excluding ortho intramolecular Hbond substituents is 1. The molecule has 0 aromatic heterocycles. The van der Waals surface area contributed by atoms with Gasteiger partial charge in [-0.3, -0.25) is 28.9 Å². The fourth-order valence-electron chi connectivity index (χ4n) is 7.93. The van der Waals surface area contributed by atoms with Gasteiger partial charge in [0.15, 0.2) is 34.7 Å². The van der Waals surface area contributed by atoms with Crippen LogP contribution in [0, 0.1) is 29.5 Å². The molecule has 1 amide bonds. The number of nitrogens with zero attached hydrogens (tertiary/aromatic N) is 1. The molecule has 0 spiro atoms. The summed E-state index contributed by atoms with van der Waals surface area (Å²) in [5.74, 6) is -10.9. The molecule has 3 aromatic carbocycles. The molecule has 11 nitrogen and oxygen atoms in total. The number of hydrogen-bond acceptors (Lipinski definition) is 10. The third kappa shape index (κ3) is 5.15. The lowest BCUT2D eigenvalue weighted by Crippen LogP contribution is -2.74. The van der Waals surface area contributed by atoms with E-state index in [1.54, 1.807) is 18.2 Å². The van der Waals surface area contributed by atoms with E-state index in [1.807, 2.05) is 18.2 Å². The minimum atomic E-state index is -2.79. The maximum Gasteiger partial charge on any atom is 0.235 e. The topological polar surface area (TPSA) is 176 Å². The molecule has 0 bridgehead atoms. The van der Waals surface area contributed by atoms with Crippen molar-refractivity contribution in [2.75, 3.05) is 33.1 Å². The lowest BCUT2D eigenvalue weighted by molar-refractivity contribution is -0.181. The maximum atomic E-state index is 14.2. The lowest BCUT2D eigenvalue weighted by Gasteiger charge is -2.52. The van der Waals surface area contributed by atoms with E-state index in [0.29, 0.717) is 35.4 Å². The second-order valence-corrected chi connectivity index (χ2v) is 13.0. The number of methoxy groups -OCH3 is 1. The summed E-state index contributed by atoms with van der Waals surface area (Å²) in [4.78, 5) is 68.8. The van der Waals surface area contributed by atoms with Crippen molar-refractivity contribution in [1.29, 1.82) is 0 Å². The van der Waals surface area contributed by atoms with Crippen LogP contribution in [0.4, 0.5) is 10.1 Å². The van der Waals surface area contributed by atoms with Gasteiger partial charge in [0.25, 0.3) is 0 Å². The lowest BCUT2D eigenvalue weighted by atomic mass is 9.52. The van der Waals surface area contributed by atoms with Crippen LogP contribution in [0.1, 0.15) is 27.9 Å². The van der Waals surface area contributed by atoms with Crippen LogP contribution in [0.3, 0.4) is 0 Å². The van der Waals surface area contributed by atoms with Crippen molar-refractivity contribution < 1.29 is 43.3 Å². The highest BCUT2D eigenvalue weighted by Gasteiger charge is 2.69. The van der Waals surface area contributed by atoms with Gasteiger partial charge in [-0.05, 0) is 92.4 Å². The molecule has 2 saturated carbocycles. The summed E-state index contributed by atoms with van der Waals surface area (Å²) in [5, 5.41) is 26.1. The number of primary amides is 1. The summed E-state index contributed by atoms with van der Waals surface area (Å²) >= 11 is 0. The molecule has 6 atom stereocenters. The Kier molecular flexibility index (Phi) is 8.42. The Bertz CT molecular complexity index is 1880. The highest BCUT2D eigenvalue weighted by Crippen LogP contribution is 2.52. The van der Waals surface area contributed by atoms with Gasteiger partial charge in [-0.15, -0.1) is 0 Å². The number of rotatable bonds is 8. The quantitative estimate of drug-likeness (QED) is 0.263. The first-order valence-corrected chi connectivity index (χ1v) is 15.7. The van der Waals surface area contributed by atoms with E-state index in [0.717, 1.165) is 11.3 Å². The maximum absolute atomic E-state index is 14.2. The number of Topliss-reactive ketones (excluding diaryl/α,β-unsaturated/α-hetero) is 4. The van der Waals surface area contributed by atoms with E-state index < -0.39 is 64.4 Å². The molecular formula is C36H36FN3O8. The Labute approximate surface area is 275 Å². The fraction of sp³-hybridized carbons (Fsp3) is 0.361. The Balaban J connectivity index is 1.39. The van der Waals surface area contributed by atoms with Crippen LogP contribution in [-0.2, 0) is 32.0 Å².